The average Bonchev–Trinajstić information content (AvgIpc) is 3.48. The second kappa shape index (κ2) is 13.5. The van der Waals surface area contributed by atoms with Crippen LogP contribution in [0.15, 0.2) is 36.9 Å². The predicted molar refractivity (Wildman–Crippen MR) is 156 cm³/mol. The summed E-state index contributed by atoms with van der Waals surface area (Å²) in [5.74, 6) is 1.03. The van der Waals surface area contributed by atoms with Crippen molar-refractivity contribution in [3.8, 4) is 0 Å². The topological polar surface area (TPSA) is 106 Å². The Morgan fingerprint density at radius 3 is 2.35 bits per heavy atom. The van der Waals surface area contributed by atoms with E-state index in [1.807, 2.05) is 35.3 Å². The van der Waals surface area contributed by atoms with Crippen molar-refractivity contribution in [2.75, 3.05) is 13.1 Å². The van der Waals surface area contributed by atoms with Gasteiger partial charge in [0.2, 0.25) is 11.8 Å². The lowest BCUT2D eigenvalue weighted by Crippen LogP contribution is -2.55. The van der Waals surface area contributed by atoms with E-state index in [1.54, 1.807) is 6.33 Å². The van der Waals surface area contributed by atoms with Crippen LogP contribution in [0.4, 0.5) is 0 Å². The molecule has 2 amide bonds. The Bertz CT molecular complexity index is 1090. The normalized spacial score (nSPS) is 24.5. The number of nitrogens with zero attached hydrogens (tertiary/aromatic N) is 4. The lowest BCUT2D eigenvalue weighted by molar-refractivity contribution is -0.137. The van der Waals surface area contributed by atoms with Crippen molar-refractivity contribution >= 4 is 23.4 Å². The molecule has 0 spiro atoms. The highest BCUT2D eigenvalue weighted by atomic mass is 35.5. The van der Waals surface area contributed by atoms with Gasteiger partial charge in [-0.1, -0.05) is 43.0 Å². The predicted octanol–water partition coefficient (Wildman–Crippen LogP) is 4.76. The van der Waals surface area contributed by atoms with E-state index in [9.17, 15) is 9.59 Å². The molecule has 1 saturated heterocycles. The van der Waals surface area contributed by atoms with Gasteiger partial charge in [-0.15, -0.1) is 0 Å². The van der Waals surface area contributed by atoms with E-state index < -0.39 is 0 Å². The number of halogens is 1. The zero-order valence-electron chi connectivity index (χ0n) is 23.6. The molecule has 40 heavy (non-hydrogen) atoms. The molecule has 0 radical (unpaired) electrons. The van der Waals surface area contributed by atoms with Gasteiger partial charge in [0.1, 0.15) is 12.7 Å². The van der Waals surface area contributed by atoms with Crippen LogP contribution in [0, 0.1) is 17.3 Å². The number of carbonyl (C=O) groups excluding carboxylic acids is 2. The van der Waals surface area contributed by atoms with Crippen molar-refractivity contribution in [1.29, 1.82) is 0 Å². The highest BCUT2D eigenvalue weighted by molar-refractivity contribution is 6.30. The number of amides is 2. The second-order valence-electron chi connectivity index (χ2n) is 12.6. The van der Waals surface area contributed by atoms with Crippen molar-refractivity contribution < 1.29 is 9.59 Å². The maximum absolute atomic E-state index is 14.1. The first-order valence-corrected chi connectivity index (χ1v) is 15.7. The molecule has 2 heterocycles. The fourth-order valence-corrected chi connectivity index (χ4v) is 7.74. The van der Waals surface area contributed by atoms with Gasteiger partial charge in [-0.2, -0.15) is 5.10 Å². The van der Waals surface area contributed by atoms with Crippen molar-refractivity contribution in [3.05, 3.63) is 47.5 Å². The van der Waals surface area contributed by atoms with Gasteiger partial charge >= 0.3 is 0 Å². The van der Waals surface area contributed by atoms with Gasteiger partial charge in [0.25, 0.3) is 0 Å². The van der Waals surface area contributed by atoms with Crippen LogP contribution in [-0.4, -0.2) is 56.7 Å². The first-order chi connectivity index (χ1) is 19.4. The molecule has 1 aromatic heterocycles. The Hall–Kier alpha value is -2.45. The maximum atomic E-state index is 14.1. The average molecular weight is 569 g/mol. The third kappa shape index (κ3) is 7.43. The minimum Gasteiger partial charge on any atom is -0.370 e. The largest absolute Gasteiger partial charge is 0.370 e. The number of aromatic nitrogens is 3. The summed E-state index contributed by atoms with van der Waals surface area (Å²) in [5.41, 5.74) is 6.72. The Balaban J connectivity index is 1.26. The fourth-order valence-electron chi connectivity index (χ4n) is 7.62. The van der Waals surface area contributed by atoms with Crippen molar-refractivity contribution in [1.82, 2.24) is 25.0 Å². The van der Waals surface area contributed by atoms with E-state index in [4.69, 9.17) is 17.3 Å². The number of rotatable bonds is 10. The highest BCUT2D eigenvalue weighted by Crippen LogP contribution is 2.47. The van der Waals surface area contributed by atoms with E-state index in [0.717, 1.165) is 63.7 Å². The molecule has 3 aliphatic rings. The van der Waals surface area contributed by atoms with Crippen molar-refractivity contribution in [2.24, 2.45) is 23.0 Å². The number of carbonyl (C=O) groups is 2. The van der Waals surface area contributed by atoms with Gasteiger partial charge in [-0.25, -0.2) is 4.98 Å². The summed E-state index contributed by atoms with van der Waals surface area (Å²) in [6.07, 6.45) is 17.0. The molecule has 1 atom stereocenters. The molecule has 218 valence electrons. The van der Waals surface area contributed by atoms with Crippen LogP contribution in [0.3, 0.4) is 0 Å². The monoisotopic (exact) mass is 568 g/mol. The molecule has 1 aliphatic heterocycles. The van der Waals surface area contributed by atoms with Gasteiger partial charge in [-0.05, 0) is 92.7 Å². The maximum Gasteiger partial charge on any atom is 0.240 e. The molecule has 0 unspecified atom stereocenters. The standard InChI is InChI=1S/C31H45ClN6O2/c32-26-10-6-23(7-11-26)18-28(36-27-12-8-24(9-13-27)19-29(33)39)30(40)37-16-14-31(15-17-37,20-38-22-34-21-35-38)25-4-2-1-3-5-25/h6-7,10-11,21-22,24-25,27-28,36H,1-5,8-9,12-20H2,(H2,33,39)/t24?,27?,28-/m1/s1. The number of benzene rings is 1. The van der Waals surface area contributed by atoms with Crippen molar-refractivity contribution in [2.45, 2.75) is 102 Å². The van der Waals surface area contributed by atoms with Crippen LogP contribution in [0.5, 0.6) is 0 Å². The molecule has 0 bridgehead atoms. The number of likely N-dealkylation sites (tertiary alicyclic amines) is 1. The molecular formula is C31H45ClN6O2. The van der Waals surface area contributed by atoms with Crippen LogP contribution >= 0.6 is 11.6 Å². The van der Waals surface area contributed by atoms with Gasteiger partial charge in [0.05, 0.1) is 6.04 Å². The number of piperidine rings is 1. The van der Waals surface area contributed by atoms with Crippen LogP contribution in [0.25, 0.3) is 0 Å². The van der Waals surface area contributed by atoms with Crippen LogP contribution in [0.1, 0.15) is 82.6 Å². The summed E-state index contributed by atoms with van der Waals surface area (Å²) < 4.78 is 2.01. The Morgan fingerprint density at radius 1 is 1.02 bits per heavy atom. The Kier molecular flexibility index (Phi) is 9.79. The second-order valence-corrected chi connectivity index (χ2v) is 13.0. The number of nitrogens with two attached hydrogens (primary N) is 1. The number of hydrogen-bond acceptors (Lipinski definition) is 5. The van der Waals surface area contributed by atoms with Gasteiger partial charge in [0, 0.05) is 37.1 Å². The number of nitrogens with one attached hydrogen (secondary N) is 1. The molecule has 2 aliphatic carbocycles. The van der Waals surface area contributed by atoms with Gasteiger partial charge < -0.3 is 16.0 Å². The lowest BCUT2D eigenvalue weighted by Gasteiger charge is -2.48. The fraction of sp³-hybridized carbons (Fsp3) is 0.677. The summed E-state index contributed by atoms with van der Waals surface area (Å²) in [7, 11) is 0. The summed E-state index contributed by atoms with van der Waals surface area (Å²) in [6.45, 7) is 2.46. The quantitative estimate of drug-likeness (QED) is 0.430. The zero-order valence-corrected chi connectivity index (χ0v) is 24.4. The van der Waals surface area contributed by atoms with Gasteiger partial charge in [0.15, 0.2) is 0 Å². The first-order valence-electron chi connectivity index (χ1n) is 15.3. The van der Waals surface area contributed by atoms with E-state index >= 15 is 0 Å². The summed E-state index contributed by atoms with van der Waals surface area (Å²) in [4.78, 5) is 31.8. The highest BCUT2D eigenvalue weighted by Gasteiger charge is 2.44. The molecule has 3 N–H and O–H groups in total. The smallest absolute Gasteiger partial charge is 0.240 e. The SMILES string of the molecule is NC(=O)CC1CCC(N[C@H](Cc2ccc(Cl)cc2)C(=O)N2CCC(Cn3cncn3)(C3CCCCC3)CC2)CC1. The molecule has 2 aromatic rings. The molecule has 1 aromatic carbocycles. The lowest BCUT2D eigenvalue weighted by atomic mass is 9.63. The number of hydrogen-bond donors (Lipinski definition) is 2. The third-order valence-electron chi connectivity index (χ3n) is 9.91. The molecule has 9 heteroatoms. The molecule has 8 nitrogen and oxygen atoms in total. The first kappa shape index (κ1) is 29.1. The van der Waals surface area contributed by atoms with Crippen molar-refractivity contribution in [3.63, 3.8) is 0 Å². The molecule has 3 fully saturated rings. The van der Waals surface area contributed by atoms with E-state index in [-0.39, 0.29) is 29.3 Å². The summed E-state index contributed by atoms with van der Waals surface area (Å²) in [5, 5.41) is 8.90. The zero-order chi connectivity index (χ0) is 28.0. The van der Waals surface area contributed by atoms with Crippen LogP contribution < -0.4 is 11.1 Å². The summed E-state index contributed by atoms with van der Waals surface area (Å²) >= 11 is 6.15. The summed E-state index contributed by atoms with van der Waals surface area (Å²) in [6, 6.07) is 7.83. The minimum atomic E-state index is -0.281. The molecule has 5 rings (SSSR count). The van der Waals surface area contributed by atoms with Crippen LogP contribution in [-0.2, 0) is 22.6 Å². The minimum absolute atomic E-state index is 0.169. The third-order valence-corrected chi connectivity index (χ3v) is 10.2. The molecule has 2 saturated carbocycles. The van der Waals surface area contributed by atoms with E-state index in [0.29, 0.717) is 29.7 Å². The number of primary amides is 1. The van der Waals surface area contributed by atoms with Gasteiger partial charge in [-0.3, -0.25) is 14.3 Å². The molecular weight excluding hydrogens is 524 g/mol. The Labute approximate surface area is 243 Å². The van der Waals surface area contributed by atoms with E-state index in [2.05, 4.69) is 20.3 Å². The van der Waals surface area contributed by atoms with Crippen LogP contribution in [0.2, 0.25) is 5.02 Å². The van der Waals surface area contributed by atoms with E-state index in [1.165, 1.54) is 32.1 Å². The Morgan fingerprint density at radius 2 is 1.73 bits per heavy atom.